The largest absolute Gasteiger partial charge is 0.326 e. The van der Waals surface area contributed by atoms with Crippen molar-refractivity contribution in [1.82, 2.24) is 19.5 Å². The second-order valence-corrected chi connectivity index (χ2v) is 5.74. The number of carbonyl (C=O) groups excluding carboxylic acids is 1. The zero-order valence-corrected chi connectivity index (χ0v) is 13.0. The van der Waals surface area contributed by atoms with E-state index >= 15 is 0 Å². The fourth-order valence-electron chi connectivity index (χ4n) is 2.76. The van der Waals surface area contributed by atoms with Gasteiger partial charge in [-0.25, -0.2) is 14.3 Å². The second-order valence-electron chi connectivity index (χ2n) is 5.74. The van der Waals surface area contributed by atoms with Gasteiger partial charge < -0.3 is 4.90 Å². The van der Waals surface area contributed by atoms with Crippen LogP contribution in [0.2, 0.25) is 0 Å². The number of urea groups is 1. The molecule has 3 rings (SSSR count). The van der Waals surface area contributed by atoms with E-state index < -0.39 is 0 Å². The van der Waals surface area contributed by atoms with E-state index in [9.17, 15) is 4.79 Å². The molecule has 1 saturated heterocycles. The lowest BCUT2D eigenvalue weighted by Gasteiger charge is -2.21. The van der Waals surface area contributed by atoms with E-state index in [1.165, 1.54) is 0 Å². The molecule has 21 heavy (non-hydrogen) atoms. The van der Waals surface area contributed by atoms with Crippen LogP contribution in [-0.2, 0) is 6.42 Å². The van der Waals surface area contributed by atoms with Crippen molar-refractivity contribution in [3.63, 3.8) is 0 Å². The normalized spacial score (nSPS) is 15.8. The van der Waals surface area contributed by atoms with Crippen LogP contribution in [0.1, 0.15) is 32.0 Å². The summed E-state index contributed by atoms with van der Waals surface area (Å²) < 4.78 is 1.86. The van der Waals surface area contributed by atoms with Crippen LogP contribution in [0.15, 0.2) is 12.3 Å². The Morgan fingerprint density at radius 2 is 2.10 bits per heavy atom. The second kappa shape index (κ2) is 5.02. The molecule has 6 nitrogen and oxygen atoms in total. The van der Waals surface area contributed by atoms with Crippen molar-refractivity contribution < 1.29 is 4.79 Å². The number of carbonyl (C=O) groups is 1. The first-order valence-corrected chi connectivity index (χ1v) is 7.45. The van der Waals surface area contributed by atoms with Gasteiger partial charge in [0, 0.05) is 36.5 Å². The lowest BCUT2D eigenvalue weighted by Crippen LogP contribution is -2.36. The molecule has 1 aliphatic heterocycles. The zero-order valence-electron chi connectivity index (χ0n) is 13.0. The molecule has 112 valence electrons. The van der Waals surface area contributed by atoms with Gasteiger partial charge in [-0.15, -0.1) is 0 Å². The molecule has 0 radical (unpaired) electrons. The van der Waals surface area contributed by atoms with Crippen molar-refractivity contribution in [2.45, 2.75) is 40.2 Å². The van der Waals surface area contributed by atoms with Gasteiger partial charge in [0.05, 0.1) is 6.20 Å². The van der Waals surface area contributed by atoms with Gasteiger partial charge in [-0.3, -0.25) is 4.90 Å². The SMILES string of the molecule is CCc1cc(N2CCN(C(C)C)C2=O)nc2c(C)cnn12. The molecule has 0 aliphatic carbocycles. The highest BCUT2D eigenvalue weighted by atomic mass is 16.2. The minimum Gasteiger partial charge on any atom is -0.320 e. The van der Waals surface area contributed by atoms with Crippen molar-refractivity contribution in [2.24, 2.45) is 0 Å². The summed E-state index contributed by atoms with van der Waals surface area (Å²) in [5.74, 6) is 0.733. The zero-order chi connectivity index (χ0) is 15.1. The Morgan fingerprint density at radius 3 is 2.71 bits per heavy atom. The van der Waals surface area contributed by atoms with Crippen molar-refractivity contribution in [3.8, 4) is 0 Å². The fraction of sp³-hybridized carbons (Fsp3) is 0.533. The molecule has 2 amide bonds. The van der Waals surface area contributed by atoms with Crippen LogP contribution >= 0.6 is 0 Å². The van der Waals surface area contributed by atoms with Crippen LogP contribution < -0.4 is 4.90 Å². The minimum absolute atomic E-state index is 0.0427. The van der Waals surface area contributed by atoms with E-state index in [1.807, 2.05) is 42.4 Å². The van der Waals surface area contributed by atoms with Crippen LogP contribution in [-0.4, -0.2) is 44.7 Å². The molecule has 0 bridgehead atoms. The summed E-state index contributed by atoms with van der Waals surface area (Å²) in [6.07, 6.45) is 2.67. The van der Waals surface area contributed by atoms with Crippen LogP contribution in [0, 0.1) is 6.92 Å². The molecule has 0 unspecified atom stereocenters. The maximum atomic E-state index is 12.5. The molecule has 0 saturated carbocycles. The van der Waals surface area contributed by atoms with Crippen molar-refractivity contribution in [1.29, 1.82) is 0 Å². The number of nitrogens with zero attached hydrogens (tertiary/aromatic N) is 5. The number of fused-ring (bicyclic) bond motifs is 1. The third-order valence-electron chi connectivity index (χ3n) is 4.01. The third-order valence-corrected chi connectivity index (χ3v) is 4.01. The van der Waals surface area contributed by atoms with Crippen molar-refractivity contribution in [2.75, 3.05) is 18.0 Å². The number of rotatable bonds is 3. The molecule has 2 aromatic rings. The summed E-state index contributed by atoms with van der Waals surface area (Å²) in [6, 6.07) is 2.23. The quantitative estimate of drug-likeness (QED) is 0.870. The Balaban J connectivity index is 2.05. The van der Waals surface area contributed by atoms with E-state index in [-0.39, 0.29) is 12.1 Å². The lowest BCUT2D eigenvalue weighted by atomic mass is 10.3. The van der Waals surface area contributed by atoms with Gasteiger partial charge in [0.25, 0.3) is 0 Å². The smallest absolute Gasteiger partial charge is 0.320 e. The topological polar surface area (TPSA) is 53.7 Å². The predicted octanol–water partition coefficient (Wildman–Crippen LogP) is 2.25. The van der Waals surface area contributed by atoms with Gasteiger partial charge >= 0.3 is 6.03 Å². The van der Waals surface area contributed by atoms with E-state index in [4.69, 9.17) is 0 Å². The van der Waals surface area contributed by atoms with Crippen molar-refractivity contribution >= 4 is 17.5 Å². The molecule has 0 N–H and O–H groups in total. The maximum absolute atomic E-state index is 12.5. The van der Waals surface area contributed by atoms with Gasteiger partial charge in [0.15, 0.2) is 5.65 Å². The van der Waals surface area contributed by atoms with Crippen LogP contribution in [0.5, 0.6) is 0 Å². The van der Waals surface area contributed by atoms with E-state index in [2.05, 4.69) is 17.0 Å². The molecule has 0 atom stereocenters. The van der Waals surface area contributed by atoms with E-state index in [0.717, 1.165) is 35.7 Å². The highest BCUT2D eigenvalue weighted by Gasteiger charge is 2.32. The molecule has 1 aliphatic rings. The first-order chi connectivity index (χ1) is 10.0. The summed E-state index contributed by atoms with van der Waals surface area (Å²) in [6.45, 7) is 9.60. The van der Waals surface area contributed by atoms with Gasteiger partial charge in [-0.1, -0.05) is 6.92 Å². The summed E-state index contributed by atoms with van der Waals surface area (Å²) in [7, 11) is 0. The van der Waals surface area contributed by atoms with Crippen molar-refractivity contribution in [3.05, 3.63) is 23.5 Å². The highest BCUT2D eigenvalue weighted by Crippen LogP contribution is 2.23. The third kappa shape index (κ3) is 2.14. The Labute approximate surface area is 124 Å². The Hall–Kier alpha value is -2.11. The predicted molar refractivity (Wildman–Crippen MR) is 81.7 cm³/mol. The maximum Gasteiger partial charge on any atom is 0.326 e. The molecule has 1 fully saturated rings. The van der Waals surface area contributed by atoms with E-state index in [1.54, 1.807) is 4.90 Å². The molecule has 2 aromatic heterocycles. The number of hydrogen-bond acceptors (Lipinski definition) is 3. The summed E-state index contributed by atoms with van der Waals surface area (Å²) in [4.78, 5) is 20.8. The standard InChI is InChI=1S/C15H21N5O/c1-5-12-8-13(17-14-11(4)9-16-20(12)14)19-7-6-18(10(2)3)15(19)21/h8-10H,5-7H2,1-4H3. The van der Waals surface area contributed by atoms with Crippen LogP contribution in [0.25, 0.3) is 5.65 Å². The number of amides is 2. The number of hydrogen-bond donors (Lipinski definition) is 0. The molecular formula is C15H21N5O. The summed E-state index contributed by atoms with van der Waals surface area (Å²) >= 11 is 0. The number of aryl methyl sites for hydroxylation is 2. The minimum atomic E-state index is 0.0427. The van der Waals surface area contributed by atoms with Crippen LogP contribution in [0.4, 0.5) is 10.6 Å². The van der Waals surface area contributed by atoms with Gasteiger partial charge in [-0.05, 0) is 27.2 Å². The number of aromatic nitrogens is 3. The average molecular weight is 287 g/mol. The monoisotopic (exact) mass is 287 g/mol. The highest BCUT2D eigenvalue weighted by molar-refractivity contribution is 5.93. The van der Waals surface area contributed by atoms with Crippen LogP contribution in [0.3, 0.4) is 0 Å². The molecule has 0 aromatic carbocycles. The molecular weight excluding hydrogens is 266 g/mol. The summed E-state index contributed by atoms with van der Waals surface area (Å²) in [5, 5.41) is 4.36. The molecule has 0 spiro atoms. The Bertz CT molecular complexity index is 691. The Morgan fingerprint density at radius 1 is 1.33 bits per heavy atom. The first kappa shape index (κ1) is 13.9. The summed E-state index contributed by atoms with van der Waals surface area (Å²) in [5.41, 5.74) is 2.93. The average Bonchev–Trinajstić information content (AvgIpc) is 3.02. The van der Waals surface area contributed by atoms with Gasteiger partial charge in [0.2, 0.25) is 0 Å². The van der Waals surface area contributed by atoms with Gasteiger partial charge in [0.1, 0.15) is 5.82 Å². The lowest BCUT2D eigenvalue weighted by molar-refractivity contribution is 0.209. The first-order valence-electron chi connectivity index (χ1n) is 7.45. The molecule has 6 heteroatoms. The van der Waals surface area contributed by atoms with Gasteiger partial charge in [-0.2, -0.15) is 5.10 Å². The fourth-order valence-corrected chi connectivity index (χ4v) is 2.76. The molecule has 3 heterocycles. The Kier molecular flexibility index (Phi) is 3.31. The van der Waals surface area contributed by atoms with E-state index in [0.29, 0.717) is 6.54 Å². The number of anilines is 1.